The first-order valence-electron chi connectivity index (χ1n) is 2.77. The molecule has 0 aromatic carbocycles. The van der Waals surface area contributed by atoms with E-state index in [0.29, 0.717) is 0 Å². The lowest BCUT2D eigenvalue weighted by molar-refractivity contribution is 0.148. The summed E-state index contributed by atoms with van der Waals surface area (Å²) in [5, 5.41) is 14.0. The fraction of sp³-hybridized carbons (Fsp3) is 0.600. The average Bonchev–Trinajstić information content (AvgIpc) is 2.37. The third-order valence-corrected chi connectivity index (χ3v) is 1.13. The van der Waals surface area contributed by atoms with E-state index in [9.17, 15) is 5.11 Å². The molecule has 0 saturated heterocycles. The molecule has 1 unspecified atom stereocenters. The molecule has 0 aliphatic rings. The lowest BCUT2D eigenvalue weighted by Gasteiger charge is -2.03. The molecular formula is C5H8N3O. The monoisotopic (exact) mass is 126 g/mol. The number of hydrogen-bond donors (Lipinski definition) is 0. The number of hydrogen-bond acceptors (Lipinski definition) is 2. The Morgan fingerprint density at radius 1 is 1.78 bits per heavy atom. The van der Waals surface area contributed by atoms with Crippen LogP contribution in [0.25, 0.3) is 0 Å². The van der Waals surface area contributed by atoms with Crippen LogP contribution in [0.1, 0.15) is 13.0 Å². The molecule has 49 valence electrons. The Kier molecular flexibility index (Phi) is 1.79. The highest BCUT2D eigenvalue weighted by Gasteiger charge is 2.01. The van der Waals surface area contributed by atoms with Crippen LogP contribution in [0, 0.1) is 0 Å². The molecule has 0 saturated carbocycles. The van der Waals surface area contributed by atoms with E-state index in [2.05, 4.69) is 10.1 Å². The van der Waals surface area contributed by atoms with Gasteiger partial charge in [0.2, 0.25) is 0 Å². The van der Waals surface area contributed by atoms with Gasteiger partial charge >= 0.3 is 0 Å². The second-order valence-corrected chi connectivity index (χ2v) is 1.89. The van der Waals surface area contributed by atoms with Crippen LogP contribution >= 0.6 is 0 Å². The highest BCUT2D eigenvalue weighted by Crippen LogP contribution is 1.98. The SMILES string of the molecule is CC(C[O])n1cncn1. The van der Waals surface area contributed by atoms with E-state index >= 15 is 0 Å². The smallest absolute Gasteiger partial charge is 0.137 e. The van der Waals surface area contributed by atoms with E-state index in [0.717, 1.165) is 0 Å². The third kappa shape index (κ3) is 1.26. The Hall–Kier alpha value is -0.900. The van der Waals surface area contributed by atoms with Crippen LogP contribution in [0.2, 0.25) is 0 Å². The van der Waals surface area contributed by atoms with Gasteiger partial charge in [-0.15, -0.1) is 0 Å². The second kappa shape index (κ2) is 2.59. The Balaban J connectivity index is 2.65. The summed E-state index contributed by atoms with van der Waals surface area (Å²) in [6.07, 6.45) is 2.97. The van der Waals surface area contributed by atoms with E-state index in [-0.39, 0.29) is 12.6 Å². The molecule has 0 aliphatic heterocycles. The molecule has 4 heteroatoms. The zero-order chi connectivity index (χ0) is 6.69. The van der Waals surface area contributed by atoms with Gasteiger partial charge < -0.3 is 0 Å². The van der Waals surface area contributed by atoms with Gasteiger partial charge in [0, 0.05) is 0 Å². The van der Waals surface area contributed by atoms with Crippen LogP contribution in [-0.4, -0.2) is 21.4 Å². The molecule has 0 bridgehead atoms. The zero-order valence-electron chi connectivity index (χ0n) is 5.19. The van der Waals surface area contributed by atoms with Gasteiger partial charge in [0.1, 0.15) is 19.3 Å². The van der Waals surface area contributed by atoms with Gasteiger partial charge in [-0.3, -0.25) is 0 Å². The molecule has 1 aromatic rings. The molecule has 4 nitrogen and oxygen atoms in total. The summed E-state index contributed by atoms with van der Waals surface area (Å²) < 4.78 is 1.55. The van der Waals surface area contributed by atoms with Gasteiger partial charge in [-0.1, -0.05) is 0 Å². The molecule has 0 fully saturated rings. The minimum Gasteiger partial charge on any atom is -0.248 e. The molecule has 1 heterocycles. The lowest BCUT2D eigenvalue weighted by atomic mass is 10.4. The maximum atomic E-state index is 10.2. The van der Waals surface area contributed by atoms with Crippen molar-refractivity contribution >= 4 is 0 Å². The van der Waals surface area contributed by atoms with E-state index in [1.807, 2.05) is 6.92 Å². The molecule has 9 heavy (non-hydrogen) atoms. The first kappa shape index (κ1) is 6.22. The summed E-state index contributed by atoms with van der Waals surface area (Å²) in [4.78, 5) is 3.70. The summed E-state index contributed by atoms with van der Waals surface area (Å²) in [6.45, 7) is 1.66. The highest BCUT2D eigenvalue weighted by atomic mass is 16.3. The normalized spacial score (nSPS) is 13.6. The van der Waals surface area contributed by atoms with Gasteiger partial charge in [0.15, 0.2) is 0 Å². The van der Waals surface area contributed by atoms with Crippen molar-refractivity contribution in [1.29, 1.82) is 0 Å². The summed E-state index contributed by atoms with van der Waals surface area (Å²) in [5.41, 5.74) is 0. The Bertz CT molecular complexity index is 161. The van der Waals surface area contributed by atoms with E-state index < -0.39 is 0 Å². The van der Waals surface area contributed by atoms with Gasteiger partial charge in [-0.05, 0) is 6.92 Å². The Morgan fingerprint density at radius 2 is 2.56 bits per heavy atom. The van der Waals surface area contributed by atoms with Crippen LogP contribution in [-0.2, 0) is 5.11 Å². The van der Waals surface area contributed by atoms with Crippen LogP contribution < -0.4 is 0 Å². The number of aromatic nitrogens is 3. The highest BCUT2D eigenvalue weighted by molar-refractivity contribution is 4.62. The van der Waals surface area contributed by atoms with Crippen LogP contribution in [0.3, 0.4) is 0 Å². The van der Waals surface area contributed by atoms with Crippen molar-refractivity contribution in [2.45, 2.75) is 13.0 Å². The quantitative estimate of drug-likeness (QED) is 0.571. The van der Waals surface area contributed by atoms with E-state index in [1.165, 1.54) is 6.33 Å². The lowest BCUT2D eigenvalue weighted by Crippen LogP contribution is -2.08. The Labute approximate surface area is 53.1 Å². The first-order valence-corrected chi connectivity index (χ1v) is 2.77. The average molecular weight is 126 g/mol. The van der Waals surface area contributed by atoms with E-state index in [4.69, 9.17) is 0 Å². The van der Waals surface area contributed by atoms with Crippen LogP contribution in [0.4, 0.5) is 0 Å². The standard InChI is InChI=1S/C5H8N3O/c1-5(2-9)8-4-6-3-7-8/h3-5H,2H2,1H3. The maximum Gasteiger partial charge on any atom is 0.137 e. The minimum absolute atomic E-state index is 0.0764. The van der Waals surface area contributed by atoms with Crippen molar-refractivity contribution in [1.82, 2.24) is 14.8 Å². The molecule has 0 aliphatic carbocycles. The maximum absolute atomic E-state index is 10.2. The molecule has 1 rings (SSSR count). The summed E-state index contributed by atoms with van der Waals surface area (Å²) in [7, 11) is 0. The molecular weight excluding hydrogens is 118 g/mol. The third-order valence-electron chi connectivity index (χ3n) is 1.13. The largest absolute Gasteiger partial charge is 0.248 e. The predicted molar refractivity (Wildman–Crippen MR) is 30.3 cm³/mol. The molecule has 0 N–H and O–H groups in total. The minimum atomic E-state index is -0.149. The van der Waals surface area contributed by atoms with Gasteiger partial charge in [-0.2, -0.15) is 5.10 Å². The predicted octanol–water partition coefficient (Wildman–Crippen LogP) is 0.270. The molecule has 1 radical (unpaired) electrons. The zero-order valence-corrected chi connectivity index (χ0v) is 5.19. The van der Waals surface area contributed by atoms with Crippen molar-refractivity contribution in [3.8, 4) is 0 Å². The summed E-state index contributed by atoms with van der Waals surface area (Å²) in [6, 6.07) is -0.0764. The van der Waals surface area contributed by atoms with Crippen LogP contribution in [0.15, 0.2) is 12.7 Å². The fourth-order valence-electron chi connectivity index (χ4n) is 0.521. The van der Waals surface area contributed by atoms with Crippen LogP contribution in [0.5, 0.6) is 0 Å². The summed E-state index contributed by atoms with van der Waals surface area (Å²) >= 11 is 0. The van der Waals surface area contributed by atoms with Crippen molar-refractivity contribution in [3.63, 3.8) is 0 Å². The van der Waals surface area contributed by atoms with Crippen molar-refractivity contribution < 1.29 is 5.11 Å². The molecule has 1 atom stereocenters. The van der Waals surface area contributed by atoms with Gasteiger partial charge in [-0.25, -0.2) is 14.8 Å². The topological polar surface area (TPSA) is 50.6 Å². The Morgan fingerprint density at radius 3 is 3.00 bits per heavy atom. The second-order valence-electron chi connectivity index (χ2n) is 1.89. The number of rotatable bonds is 2. The van der Waals surface area contributed by atoms with E-state index in [1.54, 1.807) is 11.0 Å². The molecule has 0 amide bonds. The first-order chi connectivity index (χ1) is 4.34. The van der Waals surface area contributed by atoms with Crippen molar-refractivity contribution in [2.75, 3.05) is 6.61 Å². The molecule has 0 spiro atoms. The molecule has 1 aromatic heterocycles. The van der Waals surface area contributed by atoms with Crippen molar-refractivity contribution in [3.05, 3.63) is 12.7 Å². The van der Waals surface area contributed by atoms with Gasteiger partial charge in [0.05, 0.1) is 6.04 Å². The van der Waals surface area contributed by atoms with Gasteiger partial charge in [0.25, 0.3) is 0 Å². The summed E-state index contributed by atoms with van der Waals surface area (Å²) in [5.74, 6) is 0. The number of nitrogens with zero attached hydrogens (tertiary/aromatic N) is 3. The van der Waals surface area contributed by atoms with Crippen molar-refractivity contribution in [2.24, 2.45) is 0 Å². The fourth-order valence-corrected chi connectivity index (χ4v) is 0.521.